The molecule has 1 rings (SSSR count). The molecule has 0 saturated carbocycles. The first-order chi connectivity index (χ1) is 8.85. The monoisotopic (exact) mass is 304 g/mol. The normalized spacial score (nSPS) is 11.3. The van der Waals surface area contributed by atoms with Crippen molar-refractivity contribution < 1.29 is 9.72 Å². The quantitative estimate of drug-likeness (QED) is 0.476. The van der Waals surface area contributed by atoms with Crippen LogP contribution >= 0.6 is 22.9 Å². The summed E-state index contributed by atoms with van der Waals surface area (Å²) in [6, 6.07) is 2.82. The maximum absolute atomic E-state index is 11.9. The highest BCUT2D eigenvalue weighted by molar-refractivity contribution is 7.17. The molecule has 19 heavy (non-hydrogen) atoms. The Balaban J connectivity index is 2.52. The Morgan fingerprint density at radius 1 is 1.53 bits per heavy atom. The lowest BCUT2D eigenvalue weighted by Crippen LogP contribution is -2.33. The van der Waals surface area contributed by atoms with Crippen molar-refractivity contribution in [2.24, 2.45) is 5.41 Å². The van der Waals surface area contributed by atoms with Crippen molar-refractivity contribution >= 4 is 33.8 Å². The minimum absolute atomic E-state index is 0.0217. The zero-order valence-electron chi connectivity index (χ0n) is 10.9. The summed E-state index contributed by atoms with van der Waals surface area (Å²) in [4.78, 5) is 22.3. The van der Waals surface area contributed by atoms with Gasteiger partial charge in [0.1, 0.15) is 0 Å². The molecule has 0 unspecified atom stereocenters. The molecule has 1 amide bonds. The van der Waals surface area contributed by atoms with Gasteiger partial charge in [-0.05, 0) is 24.3 Å². The van der Waals surface area contributed by atoms with E-state index in [0.717, 1.165) is 24.2 Å². The largest absolute Gasteiger partial charge is 0.351 e. The van der Waals surface area contributed by atoms with Crippen LogP contribution in [-0.4, -0.2) is 23.3 Å². The molecule has 1 aromatic heterocycles. The van der Waals surface area contributed by atoms with Crippen molar-refractivity contribution in [1.82, 2.24) is 5.32 Å². The predicted molar refractivity (Wildman–Crippen MR) is 77.0 cm³/mol. The van der Waals surface area contributed by atoms with Crippen LogP contribution in [-0.2, 0) is 0 Å². The van der Waals surface area contributed by atoms with E-state index in [4.69, 9.17) is 11.6 Å². The molecule has 0 saturated heterocycles. The van der Waals surface area contributed by atoms with E-state index < -0.39 is 4.92 Å². The number of nitro groups is 1. The zero-order valence-corrected chi connectivity index (χ0v) is 12.5. The molecule has 0 atom stereocenters. The molecule has 1 N–H and O–H groups in total. The van der Waals surface area contributed by atoms with Crippen LogP contribution in [0.25, 0.3) is 0 Å². The van der Waals surface area contributed by atoms with Gasteiger partial charge >= 0.3 is 5.00 Å². The molecule has 1 heterocycles. The van der Waals surface area contributed by atoms with E-state index in [9.17, 15) is 14.9 Å². The number of thiophene rings is 1. The summed E-state index contributed by atoms with van der Waals surface area (Å²) in [5.41, 5.74) is -0.0340. The van der Waals surface area contributed by atoms with E-state index >= 15 is 0 Å². The number of nitrogens with one attached hydrogen (secondary N) is 1. The SMILES string of the molecule is CC(C)(CCCCl)CNC(=O)c1ccc([N+](=O)[O-])s1. The standard InChI is InChI=1S/C12H17ClN2O3S/c1-12(2,6-3-7-13)8-14-11(16)9-4-5-10(19-9)15(17)18/h4-5H,3,6-8H2,1-2H3,(H,14,16). The molecule has 0 aliphatic heterocycles. The van der Waals surface area contributed by atoms with E-state index in [1.54, 1.807) is 0 Å². The van der Waals surface area contributed by atoms with E-state index in [0.29, 0.717) is 17.3 Å². The molecule has 0 radical (unpaired) electrons. The molecule has 106 valence electrons. The number of carbonyl (C=O) groups excluding carboxylic acids is 1. The van der Waals surface area contributed by atoms with Crippen molar-refractivity contribution in [3.8, 4) is 0 Å². The Hall–Kier alpha value is -1.14. The van der Waals surface area contributed by atoms with Crippen LogP contribution in [0.15, 0.2) is 12.1 Å². The lowest BCUT2D eigenvalue weighted by molar-refractivity contribution is -0.380. The second-order valence-corrected chi connectivity index (χ2v) is 6.47. The van der Waals surface area contributed by atoms with E-state index in [1.165, 1.54) is 12.1 Å². The Kier molecular flexibility index (Phi) is 5.75. The lowest BCUT2D eigenvalue weighted by atomic mass is 9.88. The van der Waals surface area contributed by atoms with E-state index in [1.807, 2.05) is 0 Å². The number of hydrogen-bond acceptors (Lipinski definition) is 4. The average Bonchev–Trinajstić information content (AvgIpc) is 2.83. The van der Waals surface area contributed by atoms with Crippen LogP contribution in [0.5, 0.6) is 0 Å². The summed E-state index contributed by atoms with van der Waals surface area (Å²) in [5.74, 6) is 0.339. The minimum Gasteiger partial charge on any atom is -0.351 e. The molecule has 0 fully saturated rings. The molecule has 0 bridgehead atoms. The summed E-state index contributed by atoms with van der Waals surface area (Å²) >= 11 is 6.53. The van der Waals surface area contributed by atoms with Gasteiger partial charge in [0, 0.05) is 18.5 Å². The zero-order chi connectivity index (χ0) is 14.5. The fourth-order valence-electron chi connectivity index (χ4n) is 1.59. The fraction of sp³-hybridized carbons (Fsp3) is 0.583. The number of hydrogen-bond donors (Lipinski definition) is 1. The summed E-state index contributed by atoms with van der Waals surface area (Å²) in [6.07, 6.45) is 1.82. The van der Waals surface area contributed by atoms with Crippen molar-refractivity contribution in [3.05, 3.63) is 27.1 Å². The molecule has 1 aromatic rings. The van der Waals surface area contributed by atoms with E-state index in [2.05, 4.69) is 19.2 Å². The summed E-state index contributed by atoms with van der Waals surface area (Å²) in [5, 5.41) is 13.3. The average molecular weight is 305 g/mol. The number of halogens is 1. The van der Waals surface area contributed by atoms with Crippen LogP contribution in [0.1, 0.15) is 36.4 Å². The van der Waals surface area contributed by atoms with Crippen molar-refractivity contribution in [2.75, 3.05) is 12.4 Å². The highest BCUT2D eigenvalue weighted by atomic mass is 35.5. The molecule has 0 aliphatic rings. The third-order valence-electron chi connectivity index (χ3n) is 2.71. The Morgan fingerprint density at radius 3 is 2.74 bits per heavy atom. The van der Waals surface area contributed by atoms with Gasteiger partial charge in [0.15, 0.2) is 0 Å². The maximum Gasteiger partial charge on any atom is 0.324 e. The highest BCUT2D eigenvalue weighted by Crippen LogP contribution is 2.25. The summed E-state index contributed by atoms with van der Waals surface area (Å²) in [7, 11) is 0. The van der Waals surface area contributed by atoms with Crippen molar-refractivity contribution in [3.63, 3.8) is 0 Å². The Labute approximate surface area is 121 Å². The molecular formula is C12H17ClN2O3S. The third kappa shape index (κ3) is 5.16. The smallest absolute Gasteiger partial charge is 0.324 e. The first-order valence-corrected chi connectivity index (χ1v) is 7.29. The number of rotatable bonds is 7. The first-order valence-electron chi connectivity index (χ1n) is 5.94. The third-order valence-corrected chi connectivity index (χ3v) is 4.01. The van der Waals surface area contributed by atoms with Gasteiger partial charge in [-0.2, -0.15) is 0 Å². The first kappa shape index (κ1) is 15.9. The second kappa shape index (κ2) is 6.86. The summed E-state index contributed by atoms with van der Waals surface area (Å²) < 4.78 is 0. The second-order valence-electron chi connectivity index (χ2n) is 5.03. The van der Waals surface area contributed by atoms with Gasteiger partial charge < -0.3 is 5.32 Å². The fourth-order valence-corrected chi connectivity index (χ4v) is 2.46. The topological polar surface area (TPSA) is 72.2 Å². The van der Waals surface area contributed by atoms with Crippen LogP contribution in [0.3, 0.4) is 0 Å². The number of nitrogens with zero attached hydrogens (tertiary/aromatic N) is 1. The van der Waals surface area contributed by atoms with Crippen molar-refractivity contribution in [2.45, 2.75) is 26.7 Å². The number of amides is 1. The maximum atomic E-state index is 11.9. The van der Waals surface area contributed by atoms with Gasteiger partial charge in [0.25, 0.3) is 5.91 Å². The molecular weight excluding hydrogens is 288 g/mol. The van der Waals surface area contributed by atoms with Gasteiger partial charge in [0.2, 0.25) is 0 Å². The van der Waals surface area contributed by atoms with Gasteiger partial charge in [-0.1, -0.05) is 25.2 Å². The Bertz CT molecular complexity index is 460. The van der Waals surface area contributed by atoms with Crippen LogP contribution in [0.2, 0.25) is 0 Å². The predicted octanol–water partition coefficient (Wildman–Crippen LogP) is 3.43. The molecule has 7 heteroatoms. The molecule has 0 aliphatic carbocycles. The minimum atomic E-state index is -0.494. The van der Waals surface area contributed by atoms with Crippen LogP contribution < -0.4 is 5.32 Å². The summed E-state index contributed by atoms with van der Waals surface area (Å²) in [6.45, 7) is 4.63. The highest BCUT2D eigenvalue weighted by Gasteiger charge is 2.20. The van der Waals surface area contributed by atoms with Crippen LogP contribution in [0.4, 0.5) is 5.00 Å². The van der Waals surface area contributed by atoms with Crippen LogP contribution in [0, 0.1) is 15.5 Å². The van der Waals surface area contributed by atoms with Gasteiger partial charge in [-0.15, -0.1) is 11.6 Å². The van der Waals surface area contributed by atoms with Gasteiger partial charge in [-0.25, -0.2) is 0 Å². The number of alkyl halides is 1. The number of carbonyl (C=O) groups is 1. The van der Waals surface area contributed by atoms with Gasteiger partial charge in [-0.3, -0.25) is 14.9 Å². The van der Waals surface area contributed by atoms with E-state index in [-0.39, 0.29) is 16.3 Å². The van der Waals surface area contributed by atoms with Crippen molar-refractivity contribution in [1.29, 1.82) is 0 Å². The Morgan fingerprint density at radius 2 is 2.21 bits per heavy atom. The van der Waals surface area contributed by atoms with Gasteiger partial charge in [0.05, 0.1) is 9.80 Å². The lowest BCUT2D eigenvalue weighted by Gasteiger charge is -2.24. The molecule has 0 aromatic carbocycles. The molecule has 5 nitrogen and oxygen atoms in total. The molecule has 0 spiro atoms.